The molecule has 0 spiro atoms. The van der Waals surface area contributed by atoms with Gasteiger partial charge in [0.2, 0.25) is 5.75 Å². The summed E-state index contributed by atoms with van der Waals surface area (Å²) in [5.74, 6) is 0.997. The predicted octanol–water partition coefficient (Wildman–Crippen LogP) is 4.96. The third kappa shape index (κ3) is 3.03. The number of aryl methyl sites for hydroxylation is 3. The standard InChI is InChI=1S/C25H30N2O3/c1-16-8-9-20-19(12-16)18-6-4-7-21-24(18)27(20)11-5-10-26(21)15-17-13-22(29-2)25(28)23(14-17)30-3/h8-9,12-14,21,28H,4-7,10-11,15H2,1-3H3/t21-/m0/s1. The van der Waals surface area contributed by atoms with Gasteiger partial charge in [-0.2, -0.15) is 0 Å². The molecule has 5 nitrogen and oxygen atoms in total. The van der Waals surface area contributed by atoms with Crippen LogP contribution in [0.1, 0.15) is 47.7 Å². The van der Waals surface area contributed by atoms with Gasteiger partial charge in [0.25, 0.3) is 0 Å². The molecule has 1 N–H and O–H groups in total. The van der Waals surface area contributed by atoms with Crippen LogP contribution in [-0.4, -0.2) is 35.3 Å². The van der Waals surface area contributed by atoms with E-state index in [0.29, 0.717) is 17.5 Å². The van der Waals surface area contributed by atoms with Crippen LogP contribution >= 0.6 is 0 Å². The Hall–Kier alpha value is -2.66. The van der Waals surface area contributed by atoms with E-state index < -0.39 is 0 Å². The van der Waals surface area contributed by atoms with Crippen molar-refractivity contribution >= 4 is 10.9 Å². The maximum Gasteiger partial charge on any atom is 0.200 e. The van der Waals surface area contributed by atoms with Crippen LogP contribution in [0.4, 0.5) is 0 Å². The molecule has 158 valence electrons. The van der Waals surface area contributed by atoms with Gasteiger partial charge in [-0.15, -0.1) is 0 Å². The van der Waals surface area contributed by atoms with Gasteiger partial charge < -0.3 is 19.1 Å². The fourth-order valence-corrected chi connectivity index (χ4v) is 5.46. The van der Waals surface area contributed by atoms with E-state index in [0.717, 1.165) is 31.6 Å². The molecule has 0 saturated carbocycles. The number of phenols is 1. The third-order valence-corrected chi connectivity index (χ3v) is 6.78. The molecular formula is C25H30N2O3. The highest BCUT2D eigenvalue weighted by molar-refractivity contribution is 5.87. The Balaban J connectivity index is 1.56. The molecular weight excluding hydrogens is 376 g/mol. The maximum absolute atomic E-state index is 10.3. The van der Waals surface area contributed by atoms with Gasteiger partial charge in [0.05, 0.1) is 20.3 Å². The monoisotopic (exact) mass is 406 g/mol. The molecule has 3 aromatic rings. The van der Waals surface area contributed by atoms with Crippen molar-refractivity contribution in [3.8, 4) is 17.2 Å². The molecule has 5 rings (SSSR count). The summed E-state index contributed by atoms with van der Waals surface area (Å²) in [6.07, 6.45) is 4.72. The minimum absolute atomic E-state index is 0.0649. The Morgan fingerprint density at radius 3 is 2.53 bits per heavy atom. The van der Waals surface area contributed by atoms with E-state index in [1.54, 1.807) is 19.8 Å². The minimum atomic E-state index is 0.0649. The van der Waals surface area contributed by atoms with E-state index in [1.165, 1.54) is 41.4 Å². The van der Waals surface area contributed by atoms with E-state index >= 15 is 0 Å². The van der Waals surface area contributed by atoms with Crippen molar-refractivity contribution < 1.29 is 14.6 Å². The van der Waals surface area contributed by atoms with Crippen LogP contribution in [0.15, 0.2) is 30.3 Å². The van der Waals surface area contributed by atoms with E-state index in [9.17, 15) is 5.11 Å². The lowest BCUT2D eigenvalue weighted by atomic mass is 9.90. The van der Waals surface area contributed by atoms with Gasteiger partial charge >= 0.3 is 0 Å². The fraction of sp³-hybridized carbons (Fsp3) is 0.440. The Morgan fingerprint density at radius 1 is 1.03 bits per heavy atom. The van der Waals surface area contributed by atoms with Crippen LogP contribution in [-0.2, 0) is 19.5 Å². The predicted molar refractivity (Wildman–Crippen MR) is 119 cm³/mol. The number of aromatic hydroxyl groups is 1. The zero-order chi connectivity index (χ0) is 20.8. The van der Waals surface area contributed by atoms with Crippen molar-refractivity contribution in [2.75, 3.05) is 20.8 Å². The highest BCUT2D eigenvalue weighted by atomic mass is 16.5. The molecule has 1 aromatic heterocycles. The van der Waals surface area contributed by atoms with Crippen LogP contribution in [0.25, 0.3) is 10.9 Å². The Kier molecular flexibility index (Phi) is 4.86. The molecule has 1 aliphatic heterocycles. The SMILES string of the molecule is COc1cc(CN2CCCn3c4c(c5cc(C)ccc53)CCC[C@@H]42)cc(OC)c1O. The zero-order valence-corrected chi connectivity index (χ0v) is 18.1. The lowest BCUT2D eigenvalue weighted by molar-refractivity contribution is 0.173. The first kappa shape index (κ1) is 19.3. The van der Waals surface area contributed by atoms with Crippen molar-refractivity contribution in [1.29, 1.82) is 0 Å². The number of phenolic OH excluding ortho intramolecular Hbond substituents is 1. The second-order valence-corrected chi connectivity index (χ2v) is 8.62. The Labute approximate surface area is 177 Å². The van der Waals surface area contributed by atoms with Crippen molar-refractivity contribution in [2.24, 2.45) is 0 Å². The Bertz CT molecular complexity index is 1070. The van der Waals surface area contributed by atoms with Gasteiger partial charge in [0, 0.05) is 36.2 Å². The number of nitrogens with zero attached hydrogens (tertiary/aromatic N) is 2. The second-order valence-electron chi connectivity index (χ2n) is 8.62. The minimum Gasteiger partial charge on any atom is -0.502 e. The molecule has 0 unspecified atom stereocenters. The molecule has 5 heteroatoms. The van der Waals surface area contributed by atoms with Crippen molar-refractivity contribution in [3.05, 3.63) is 52.7 Å². The number of fused-ring (bicyclic) bond motifs is 3. The summed E-state index contributed by atoms with van der Waals surface area (Å²) in [7, 11) is 3.16. The van der Waals surface area contributed by atoms with Crippen LogP contribution in [0.2, 0.25) is 0 Å². The van der Waals surface area contributed by atoms with Crippen LogP contribution in [0, 0.1) is 6.92 Å². The molecule has 2 heterocycles. The topological polar surface area (TPSA) is 46.9 Å². The van der Waals surface area contributed by atoms with Gasteiger partial charge in [-0.05, 0) is 68.0 Å². The van der Waals surface area contributed by atoms with Gasteiger partial charge in [-0.3, -0.25) is 4.90 Å². The lowest BCUT2D eigenvalue weighted by Crippen LogP contribution is -2.31. The number of methoxy groups -OCH3 is 2. The first-order valence-corrected chi connectivity index (χ1v) is 10.9. The van der Waals surface area contributed by atoms with Gasteiger partial charge in [0.1, 0.15) is 0 Å². The quantitative estimate of drug-likeness (QED) is 0.666. The number of benzene rings is 2. The molecule has 1 atom stereocenters. The lowest BCUT2D eigenvalue weighted by Gasteiger charge is -2.34. The summed E-state index contributed by atoms with van der Waals surface area (Å²) < 4.78 is 13.3. The Morgan fingerprint density at radius 2 is 1.80 bits per heavy atom. The van der Waals surface area contributed by atoms with E-state index in [1.807, 2.05) is 12.1 Å². The summed E-state index contributed by atoms with van der Waals surface area (Å²) in [5.41, 5.74) is 6.91. The van der Waals surface area contributed by atoms with Crippen molar-refractivity contribution in [2.45, 2.75) is 51.7 Å². The normalized spacial score (nSPS) is 18.8. The number of ether oxygens (including phenoxy) is 2. The van der Waals surface area contributed by atoms with Gasteiger partial charge in [0.15, 0.2) is 11.5 Å². The second kappa shape index (κ2) is 7.55. The van der Waals surface area contributed by atoms with Crippen LogP contribution in [0.3, 0.4) is 0 Å². The number of hydrogen-bond acceptors (Lipinski definition) is 4. The molecule has 0 bridgehead atoms. The summed E-state index contributed by atoms with van der Waals surface area (Å²) in [6.45, 7) is 5.14. The highest BCUT2D eigenvalue weighted by Crippen LogP contribution is 2.43. The van der Waals surface area contributed by atoms with E-state index in [4.69, 9.17) is 9.47 Å². The molecule has 0 fully saturated rings. The zero-order valence-electron chi connectivity index (χ0n) is 18.1. The number of rotatable bonds is 4. The summed E-state index contributed by atoms with van der Waals surface area (Å²) in [4.78, 5) is 2.61. The highest BCUT2D eigenvalue weighted by Gasteiger charge is 2.33. The molecule has 0 saturated heterocycles. The molecule has 30 heavy (non-hydrogen) atoms. The molecule has 2 aliphatic rings. The molecule has 0 amide bonds. The summed E-state index contributed by atoms with van der Waals surface area (Å²) >= 11 is 0. The average Bonchev–Trinajstić information content (AvgIpc) is 2.94. The van der Waals surface area contributed by atoms with Crippen molar-refractivity contribution in [1.82, 2.24) is 9.47 Å². The first-order chi connectivity index (χ1) is 14.6. The van der Waals surface area contributed by atoms with Crippen molar-refractivity contribution in [3.63, 3.8) is 0 Å². The van der Waals surface area contributed by atoms with E-state index in [2.05, 4.69) is 34.6 Å². The number of hydrogen-bond donors (Lipinski definition) is 1. The van der Waals surface area contributed by atoms with Gasteiger partial charge in [-0.1, -0.05) is 11.6 Å². The number of aromatic nitrogens is 1. The van der Waals surface area contributed by atoms with E-state index in [-0.39, 0.29) is 5.75 Å². The smallest absolute Gasteiger partial charge is 0.200 e. The van der Waals surface area contributed by atoms with Gasteiger partial charge in [-0.25, -0.2) is 0 Å². The van der Waals surface area contributed by atoms with Crippen LogP contribution < -0.4 is 9.47 Å². The largest absolute Gasteiger partial charge is 0.502 e. The third-order valence-electron chi connectivity index (χ3n) is 6.78. The summed E-state index contributed by atoms with van der Waals surface area (Å²) in [5, 5.41) is 11.7. The average molecular weight is 407 g/mol. The van der Waals surface area contributed by atoms with Crippen LogP contribution in [0.5, 0.6) is 17.2 Å². The molecule has 1 aliphatic carbocycles. The molecule has 0 radical (unpaired) electrons. The fourth-order valence-electron chi connectivity index (χ4n) is 5.46. The molecule has 2 aromatic carbocycles. The summed E-state index contributed by atoms with van der Waals surface area (Å²) in [6, 6.07) is 11.2. The maximum atomic E-state index is 10.3. The first-order valence-electron chi connectivity index (χ1n) is 10.9.